The molecule has 6 heteroatoms. The maximum absolute atomic E-state index is 12.6. The standard InChI is InChI=1S/C21H26N4OS/c1-5-16(17-9-7-6-8-10-17)11-22-20(26)14(3)25-19-18-13(2)15(4)27-21(18)24-12-23-19/h6-10,12,14,16H,5,11H2,1-4H3,(H,22,26)(H,23,24,25)/t14-,16+/m0/s1. The van der Waals surface area contributed by atoms with Crippen molar-refractivity contribution in [2.24, 2.45) is 0 Å². The summed E-state index contributed by atoms with van der Waals surface area (Å²) in [4.78, 5) is 23.5. The highest BCUT2D eigenvalue weighted by molar-refractivity contribution is 7.18. The van der Waals surface area contributed by atoms with E-state index in [2.05, 4.69) is 53.5 Å². The van der Waals surface area contributed by atoms with Gasteiger partial charge in [0.2, 0.25) is 5.91 Å². The minimum Gasteiger partial charge on any atom is -0.358 e. The third kappa shape index (κ3) is 4.27. The molecule has 2 heterocycles. The Morgan fingerprint density at radius 2 is 1.93 bits per heavy atom. The van der Waals surface area contributed by atoms with Gasteiger partial charge < -0.3 is 10.6 Å². The fraction of sp³-hybridized carbons (Fsp3) is 0.381. The Balaban J connectivity index is 1.66. The Labute approximate surface area is 164 Å². The maximum atomic E-state index is 12.6. The largest absolute Gasteiger partial charge is 0.358 e. The third-order valence-corrected chi connectivity index (χ3v) is 6.11. The van der Waals surface area contributed by atoms with E-state index in [4.69, 9.17) is 0 Å². The second-order valence-corrected chi connectivity index (χ2v) is 8.02. The highest BCUT2D eigenvalue weighted by Crippen LogP contribution is 2.32. The van der Waals surface area contributed by atoms with Crippen LogP contribution in [0.2, 0.25) is 0 Å². The summed E-state index contributed by atoms with van der Waals surface area (Å²) in [5, 5.41) is 7.35. The van der Waals surface area contributed by atoms with Crippen molar-refractivity contribution in [1.29, 1.82) is 0 Å². The van der Waals surface area contributed by atoms with E-state index >= 15 is 0 Å². The predicted molar refractivity (Wildman–Crippen MR) is 112 cm³/mol. The summed E-state index contributed by atoms with van der Waals surface area (Å²) in [6, 6.07) is 9.93. The first kappa shape index (κ1) is 19.3. The smallest absolute Gasteiger partial charge is 0.242 e. The van der Waals surface area contributed by atoms with Crippen LogP contribution in [0.4, 0.5) is 5.82 Å². The van der Waals surface area contributed by atoms with Gasteiger partial charge in [-0.15, -0.1) is 11.3 Å². The second kappa shape index (κ2) is 8.48. The molecule has 2 atom stereocenters. The van der Waals surface area contributed by atoms with Gasteiger partial charge in [-0.25, -0.2) is 9.97 Å². The highest BCUT2D eigenvalue weighted by Gasteiger charge is 2.18. The summed E-state index contributed by atoms with van der Waals surface area (Å²) in [6.07, 6.45) is 2.53. The predicted octanol–water partition coefficient (Wildman–Crippen LogP) is 4.42. The summed E-state index contributed by atoms with van der Waals surface area (Å²) in [7, 11) is 0. The van der Waals surface area contributed by atoms with E-state index in [1.807, 2.05) is 25.1 Å². The van der Waals surface area contributed by atoms with Crippen molar-refractivity contribution in [2.45, 2.75) is 46.1 Å². The van der Waals surface area contributed by atoms with E-state index in [-0.39, 0.29) is 11.9 Å². The van der Waals surface area contributed by atoms with E-state index < -0.39 is 0 Å². The number of amides is 1. The van der Waals surface area contributed by atoms with Crippen LogP contribution < -0.4 is 10.6 Å². The van der Waals surface area contributed by atoms with Crippen molar-refractivity contribution in [3.63, 3.8) is 0 Å². The molecule has 0 spiro atoms. The van der Waals surface area contributed by atoms with Gasteiger partial charge in [-0.1, -0.05) is 37.3 Å². The van der Waals surface area contributed by atoms with Gasteiger partial charge in [-0.05, 0) is 38.3 Å². The van der Waals surface area contributed by atoms with Crippen molar-refractivity contribution in [3.05, 3.63) is 52.7 Å². The number of nitrogens with one attached hydrogen (secondary N) is 2. The number of benzene rings is 1. The molecule has 3 aromatic rings. The van der Waals surface area contributed by atoms with Crippen LogP contribution in [0.5, 0.6) is 0 Å². The monoisotopic (exact) mass is 382 g/mol. The lowest BCUT2D eigenvalue weighted by Crippen LogP contribution is -2.39. The van der Waals surface area contributed by atoms with Gasteiger partial charge in [0, 0.05) is 17.3 Å². The van der Waals surface area contributed by atoms with E-state index in [9.17, 15) is 4.79 Å². The number of fused-ring (bicyclic) bond motifs is 1. The Morgan fingerprint density at radius 3 is 2.63 bits per heavy atom. The van der Waals surface area contributed by atoms with Crippen LogP contribution in [0, 0.1) is 13.8 Å². The molecule has 142 valence electrons. The topological polar surface area (TPSA) is 66.9 Å². The summed E-state index contributed by atoms with van der Waals surface area (Å²) < 4.78 is 0. The lowest BCUT2D eigenvalue weighted by Gasteiger charge is -2.19. The fourth-order valence-corrected chi connectivity index (χ4v) is 4.16. The van der Waals surface area contributed by atoms with Crippen molar-refractivity contribution >= 4 is 33.3 Å². The van der Waals surface area contributed by atoms with Crippen molar-refractivity contribution in [3.8, 4) is 0 Å². The van der Waals surface area contributed by atoms with Crippen LogP contribution in [-0.4, -0.2) is 28.5 Å². The number of hydrogen-bond acceptors (Lipinski definition) is 5. The molecule has 0 aliphatic rings. The number of rotatable bonds is 7. The molecule has 0 bridgehead atoms. The molecule has 2 N–H and O–H groups in total. The Morgan fingerprint density at radius 1 is 1.19 bits per heavy atom. The van der Waals surface area contributed by atoms with E-state index in [0.717, 1.165) is 22.5 Å². The van der Waals surface area contributed by atoms with E-state index in [0.29, 0.717) is 12.5 Å². The normalized spacial score (nSPS) is 13.3. The van der Waals surface area contributed by atoms with Crippen LogP contribution in [0.3, 0.4) is 0 Å². The lowest BCUT2D eigenvalue weighted by molar-refractivity contribution is -0.121. The van der Waals surface area contributed by atoms with Gasteiger partial charge in [0.1, 0.15) is 23.0 Å². The Kier molecular flexibility index (Phi) is 6.06. The number of aromatic nitrogens is 2. The van der Waals surface area contributed by atoms with Gasteiger partial charge >= 0.3 is 0 Å². The average Bonchev–Trinajstić information content (AvgIpc) is 2.97. The number of thiophene rings is 1. The van der Waals surface area contributed by atoms with Crippen molar-refractivity contribution in [1.82, 2.24) is 15.3 Å². The van der Waals surface area contributed by atoms with Crippen LogP contribution in [0.15, 0.2) is 36.7 Å². The third-order valence-electron chi connectivity index (χ3n) is 5.00. The van der Waals surface area contributed by atoms with E-state index in [1.54, 1.807) is 17.7 Å². The molecule has 0 aliphatic carbocycles. The molecule has 0 radical (unpaired) electrons. The van der Waals surface area contributed by atoms with Crippen LogP contribution >= 0.6 is 11.3 Å². The first-order valence-corrected chi connectivity index (χ1v) is 10.1. The first-order valence-electron chi connectivity index (χ1n) is 9.31. The molecule has 0 unspecified atom stereocenters. The van der Waals surface area contributed by atoms with E-state index in [1.165, 1.54) is 16.0 Å². The molecule has 0 saturated heterocycles. The van der Waals surface area contributed by atoms with Crippen LogP contribution in [0.25, 0.3) is 10.2 Å². The van der Waals surface area contributed by atoms with Crippen molar-refractivity contribution < 1.29 is 4.79 Å². The number of hydrogen-bond donors (Lipinski definition) is 2. The SMILES string of the molecule is CC[C@H](CNC(=O)[C@H](C)Nc1ncnc2sc(C)c(C)c12)c1ccccc1. The maximum Gasteiger partial charge on any atom is 0.242 e. The number of carbonyl (C=O) groups excluding carboxylic acids is 1. The zero-order valence-corrected chi connectivity index (χ0v) is 17.1. The van der Waals surface area contributed by atoms with Gasteiger partial charge in [-0.2, -0.15) is 0 Å². The molecular weight excluding hydrogens is 356 g/mol. The van der Waals surface area contributed by atoms with Crippen LogP contribution in [0.1, 0.15) is 42.2 Å². The molecular formula is C21H26N4OS. The summed E-state index contributed by atoms with van der Waals surface area (Å²) >= 11 is 1.65. The average molecular weight is 383 g/mol. The molecule has 2 aromatic heterocycles. The summed E-state index contributed by atoms with van der Waals surface area (Å²) in [6.45, 7) is 8.78. The van der Waals surface area contributed by atoms with Gasteiger partial charge in [-0.3, -0.25) is 4.79 Å². The number of carbonyl (C=O) groups is 1. The molecule has 0 aliphatic heterocycles. The molecule has 5 nitrogen and oxygen atoms in total. The van der Waals surface area contributed by atoms with Gasteiger partial charge in [0.05, 0.1) is 5.39 Å². The number of anilines is 1. The zero-order chi connectivity index (χ0) is 19.4. The molecule has 1 aromatic carbocycles. The number of aryl methyl sites for hydroxylation is 2. The highest BCUT2D eigenvalue weighted by atomic mass is 32.1. The molecule has 27 heavy (non-hydrogen) atoms. The van der Waals surface area contributed by atoms with Gasteiger partial charge in [0.15, 0.2) is 0 Å². The number of nitrogens with zero attached hydrogens (tertiary/aromatic N) is 2. The lowest BCUT2D eigenvalue weighted by atomic mass is 9.96. The molecule has 1 amide bonds. The van der Waals surface area contributed by atoms with Gasteiger partial charge in [0.25, 0.3) is 0 Å². The first-order chi connectivity index (χ1) is 13.0. The molecule has 0 saturated carbocycles. The summed E-state index contributed by atoms with van der Waals surface area (Å²) in [5.41, 5.74) is 2.42. The van der Waals surface area contributed by atoms with Crippen LogP contribution in [-0.2, 0) is 4.79 Å². The minimum absolute atomic E-state index is 0.0271. The second-order valence-electron chi connectivity index (χ2n) is 6.81. The summed E-state index contributed by atoms with van der Waals surface area (Å²) in [5.74, 6) is 1.01. The quantitative estimate of drug-likeness (QED) is 0.635. The fourth-order valence-electron chi connectivity index (χ4n) is 3.16. The molecule has 3 rings (SSSR count). The minimum atomic E-state index is -0.379. The Hall–Kier alpha value is -2.47. The Bertz CT molecular complexity index is 923. The van der Waals surface area contributed by atoms with Crippen molar-refractivity contribution in [2.75, 3.05) is 11.9 Å². The molecule has 0 fully saturated rings. The zero-order valence-electron chi connectivity index (χ0n) is 16.2.